The van der Waals surface area contributed by atoms with Gasteiger partial charge in [-0.05, 0) is 78.5 Å². The predicted molar refractivity (Wildman–Crippen MR) is 217 cm³/mol. The van der Waals surface area contributed by atoms with Crippen LogP contribution in [0.1, 0.15) is 88.7 Å². The van der Waals surface area contributed by atoms with Gasteiger partial charge in [-0.25, -0.2) is 4.98 Å². The predicted octanol–water partition coefficient (Wildman–Crippen LogP) is 10.8. The van der Waals surface area contributed by atoms with E-state index in [0.717, 1.165) is 25.0 Å². The van der Waals surface area contributed by atoms with Crippen molar-refractivity contribution in [3.05, 3.63) is 126 Å². The molecule has 0 fully saturated rings. The standard InChI is InChI=1S/C46H50N4O4/c1-7-45(3,4)31-21-22-41(36(27-31)46(5,6)8-2)53-26-16-15-25-49-44(52)35-30-42(33-17-9-10-18-34(33)43(35)51)54-32-28-39(37-19-11-13-23-47-37)50-40(29-32)38-20-12-14-24-48-38/h9-14,17-24,27-30,51H,7-8,15-16,25-26H2,1-6H3,(H,49,52). The highest BCUT2D eigenvalue weighted by atomic mass is 16.5. The van der Waals surface area contributed by atoms with Crippen molar-refractivity contribution >= 4 is 16.7 Å². The second-order valence-corrected chi connectivity index (χ2v) is 14.9. The van der Waals surface area contributed by atoms with Crippen molar-refractivity contribution < 1.29 is 19.4 Å². The van der Waals surface area contributed by atoms with Crippen LogP contribution in [0.15, 0.2) is 109 Å². The Kier molecular flexibility index (Phi) is 11.6. The maximum absolute atomic E-state index is 13.6. The van der Waals surface area contributed by atoms with Gasteiger partial charge in [-0.2, -0.15) is 0 Å². The van der Waals surface area contributed by atoms with E-state index in [0.29, 0.717) is 64.6 Å². The number of fused-ring (bicyclic) bond motifs is 1. The molecule has 8 heteroatoms. The summed E-state index contributed by atoms with van der Waals surface area (Å²) in [5, 5.41) is 15.5. The molecular formula is C46H50N4O4. The van der Waals surface area contributed by atoms with Gasteiger partial charge in [-0.3, -0.25) is 14.8 Å². The average Bonchev–Trinajstić information content (AvgIpc) is 3.20. The first kappa shape index (κ1) is 38.0. The molecule has 3 heterocycles. The molecule has 0 aliphatic carbocycles. The first-order valence-corrected chi connectivity index (χ1v) is 18.8. The number of amides is 1. The molecule has 1 amide bonds. The van der Waals surface area contributed by atoms with Gasteiger partial charge in [0.05, 0.1) is 34.9 Å². The number of hydrogen-bond donors (Lipinski definition) is 2. The maximum atomic E-state index is 13.6. The van der Waals surface area contributed by atoms with Crippen molar-refractivity contribution in [3.63, 3.8) is 0 Å². The van der Waals surface area contributed by atoms with E-state index >= 15 is 0 Å². The zero-order valence-corrected chi connectivity index (χ0v) is 32.1. The lowest BCUT2D eigenvalue weighted by Gasteiger charge is -2.30. The lowest BCUT2D eigenvalue weighted by Crippen LogP contribution is -2.25. The Morgan fingerprint density at radius 1 is 0.704 bits per heavy atom. The minimum Gasteiger partial charge on any atom is -0.506 e. The molecule has 0 bridgehead atoms. The van der Waals surface area contributed by atoms with Crippen molar-refractivity contribution in [1.29, 1.82) is 0 Å². The Morgan fingerprint density at radius 3 is 1.94 bits per heavy atom. The summed E-state index contributed by atoms with van der Waals surface area (Å²) in [5.74, 6) is 1.35. The second-order valence-electron chi connectivity index (χ2n) is 14.9. The number of nitrogens with zero attached hydrogens (tertiary/aromatic N) is 3. The Bertz CT molecular complexity index is 2160. The summed E-state index contributed by atoms with van der Waals surface area (Å²) < 4.78 is 12.9. The number of phenols is 1. The second kappa shape index (κ2) is 16.5. The van der Waals surface area contributed by atoms with E-state index in [4.69, 9.17) is 14.5 Å². The molecule has 0 atom stereocenters. The zero-order valence-electron chi connectivity index (χ0n) is 32.1. The number of aromatic nitrogens is 3. The number of rotatable bonds is 15. The average molecular weight is 723 g/mol. The van der Waals surface area contributed by atoms with Crippen molar-refractivity contribution in [1.82, 2.24) is 20.3 Å². The number of unbranched alkanes of at least 4 members (excludes halogenated alkanes) is 1. The van der Waals surface area contributed by atoms with Crippen LogP contribution in [-0.4, -0.2) is 39.1 Å². The number of phenolic OH excluding ortho intramolecular Hbond substituents is 1. The summed E-state index contributed by atoms with van der Waals surface area (Å²) in [6.07, 6.45) is 6.95. The van der Waals surface area contributed by atoms with E-state index in [2.05, 4.69) is 75.0 Å². The summed E-state index contributed by atoms with van der Waals surface area (Å²) in [6.45, 7) is 14.5. The van der Waals surface area contributed by atoms with Crippen LogP contribution in [-0.2, 0) is 10.8 Å². The number of ether oxygens (including phenoxy) is 2. The largest absolute Gasteiger partial charge is 0.506 e. The number of aromatic hydroxyl groups is 1. The number of nitrogens with one attached hydrogen (secondary N) is 1. The number of benzene rings is 3. The van der Waals surface area contributed by atoms with Gasteiger partial charge in [0.25, 0.3) is 5.91 Å². The van der Waals surface area contributed by atoms with Crippen molar-refractivity contribution in [2.75, 3.05) is 13.2 Å². The van der Waals surface area contributed by atoms with Crippen LogP contribution >= 0.6 is 0 Å². The Morgan fingerprint density at radius 2 is 1.33 bits per heavy atom. The van der Waals surface area contributed by atoms with Gasteiger partial charge in [0.15, 0.2) is 0 Å². The fourth-order valence-electron chi connectivity index (χ4n) is 6.27. The zero-order chi connectivity index (χ0) is 38.3. The number of carbonyl (C=O) groups excluding carboxylic acids is 1. The molecule has 0 aliphatic heterocycles. The van der Waals surface area contributed by atoms with Crippen LogP contribution in [0.2, 0.25) is 0 Å². The molecule has 8 nitrogen and oxygen atoms in total. The van der Waals surface area contributed by atoms with Gasteiger partial charge in [-0.1, -0.05) is 90.1 Å². The van der Waals surface area contributed by atoms with E-state index in [1.165, 1.54) is 11.1 Å². The normalized spacial score (nSPS) is 11.7. The van der Waals surface area contributed by atoms with E-state index in [1.54, 1.807) is 24.5 Å². The fourth-order valence-corrected chi connectivity index (χ4v) is 6.27. The highest BCUT2D eigenvalue weighted by Gasteiger charge is 2.27. The SMILES string of the molecule is CCC(C)(C)c1ccc(OCCCCNC(=O)c2cc(Oc3cc(-c4ccccn4)nc(-c4ccccn4)c3)c3ccccc3c2O)c(C(C)(C)CC)c1. The number of carbonyl (C=O) groups is 1. The third-order valence-corrected chi connectivity index (χ3v) is 10.5. The molecule has 2 N–H and O–H groups in total. The quantitative estimate of drug-likeness (QED) is 0.102. The van der Waals surface area contributed by atoms with E-state index in [-0.39, 0.29) is 28.1 Å². The van der Waals surface area contributed by atoms with E-state index in [9.17, 15) is 9.90 Å². The van der Waals surface area contributed by atoms with Gasteiger partial charge in [0, 0.05) is 47.4 Å². The molecule has 0 saturated carbocycles. The first-order chi connectivity index (χ1) is 26.0. The molecule has 278 valence electrons. The molecule has 3 aromatic heterocycles. The Hall–Kier alpha value is -5.76. The molecule has 0 unspecified atom stereocenters. The minimum atomic E-state index is -0.386. The summed E-state index contributed by atoms with van der Waals surface area (Å²) in [7, 11) is 0. The van der Waals surface area contributed by atoms with Gasteiger partial charge < -0.3 is 19.9 Å². The molecule has 0 spiro atoms. The number of hydrogen-bond acceptors (Lipinski definition) is 7. The van der Waals surface area contributed by atoms with E-state index in [1.807, 2.05) is 66.7 Å². The van der Waals surface area contributed by atoms with Crippen LogP contribution in [0.3, 0.4) is 0 Å². The lowest BCUT2D eigenvalue weighted by atomic mass is 9.76. The van der Waals surface area contributed by atoms with Crippen LogP contribution in [0.5, 0.6) is 23.0 Å². The Labute approximate surface area is 318 Å². The third-order valence-electron chi connectivity index (χ3n) is 10.5. The molecule has 0 saturated heterocycles. The summed E-state index contributed by atoms with van der Waals surface area (Å²) in [6, 6.07) is 30.5. The molecule has 54 heavy (non-hydrogen) atoms. The van der Waals surface area contributed by atoms with Crippen LogP contribution in [0.25, 0.3) is 33.5 Å². The molecule has 6 rings (SSSR count). The highest BCUT2D eigenvalue weighted by molar-refractivity contribution is 6.06. The minimum absolute atomic E-state index is 0.0201. The molecule has 6 aromatic rings. The Balaban J connectivity index is 1.17. The monoisotopic (exact) mass is 722 g/mol. The molecule has 0 aliphatic rings. The molecule has 0 radical (unpaired) electrons. The van der Waals surface area contributed by atoms with Crippen LogP contribution < -0.4 is 14.8 Å². The van der Waals surface area contributed by atoms with Gasteiger partial charge in [-0.15, -0.1) is 0 Å². The summed E-state index contributed by atoms with van der Waals surface area (Å²) >= 11 is 0. The molecule has 3 aromatic carbocycles. The van der Waals surface area contributed by atoms with Crippen molar-refractivity contribution in [2.24, 2.45) is 0 Å². The maximum Gasteiger partial charge on any atom is 0.255 e. The van der Waals surface area contributed by atoms with Gasteiger partial charge >= 0.3 is 0 Å². The highest BCUT2D eigenvalue weighted by Crippen LogP contribution is 2.40. The van der Waals surface area contributed by atoms with Crippen LogP contribution in [0, 0.1) is 0 Å². The first-order valence-electron chi connectivity index (χ1n) is 18.8. The van der Waals surface area contributed by atoms with Crippen LogP contribution in [0.4, 0.5) is 0 Å². The summed E-state index contributed by atoms with van der Waals surface area (Å²) in [5.41, 5.74) is 5.34. The van der Waals surface area contributed by atoms with Gasteiger partial charge in [0.1, 0.15) is 23.0 Å². The number of pyridine rings is 3. The van der Waals surface area contributed by atoms with Gasteiger partial charge in [0.2, 0.25) is 0 Å². The smallest absolute Gasteiger partial charge is 0.255 e. The van der Waals surface area contributed by atoms with Crippen molar-refractivity contribution in [2.45, 2.75) is 78.1 Å². The lowest BCUT2D eigenvalue weighted by molar-refractivity contribution is 0.0949. The summed E-state index contributed by atoms with van der Waals surface area (Å²) in [4.78, 5) is 27.4. The van der Waals surface area contributed by atoms with E-state index < -0.39 is 0 Å². The van der Waals surface area contributed by atoms with Crippen molar-refractivity contribution in [3.8, 4) is 45.8 Å². The molecular weight excluding hydrogens is 673 g/mol. The fraction of sp³-hybridized carbons (Fsp3) is 0.304. The topological polar surface area (TPSA) is 106 Å². The third kappa shape index (κ3) is 8.54.